The molecule has 0 amide bonds. The minimum atomic E-state index is 0. The molecule has 0 spiro atoms. The van der Waals surface area contributed by atoms with Gasteiger partial charge in [0, 0.05) is 17.1 Å². The zero-order valence-corrected chi connectivity index (χ0v) is 16.1. The second-order valence-electron chi connectivity index (χ2n) is 6.02. The number of allylic oxidation sites excluding steroid dienone is 2. The van der Waals surface area contributed by atoms with E-state index in [2.05, 4.69) is 0 Å². The van der Waals surface area contributed by atoms with Gasteiger partial charge in [-0.25, -0.2) is 0 Å². The molecule has 3 aromatic carbocycles. The summed E-state index contributed by atoms with van der Waals surface area (Å²) in [7, 11) is 0. The van der Waals surface area contributed by atoms with Crippen molar-refractivity contribution in [2.75, 3.05) is 0 Å². The summed E-state index contributed by atoms with van der Waals surface area (Å²) >= 11 is 0. The average Bonchev–Trinajstić information content (AvgIpc) is 3.30. The number of hydrogen-bond donors (Lipinski definition) is 0. The molecule has 0 N–H and O–H groups in total. The van der Waals surface area contributed by atoms with Crippen LogP contribution in [0, 0.1) is 0 Å². The average molecular weight is 386 g/mol. The van der Waals surface area contributed by atoms with Gasteiger partial charge in [0.25, 0.3) is 0 Å². The third-order valence-electron chi connectivity index (χ3n) is 3.56. The summed E-state index contributed by atoms with van der Waals surface area (Å²) in [5.74, 6) is 0.274. The summed E-state index contributed by atoms with van der Waals surface area (Å²) in [5.41, 5.74) is 3.68. The molecule has 0 unspecified atom stereocenters. The Bertz CT molecular complexity index is 806. The number of carbonyl (C=O) groups excluding carboxylic acids is 2. The SMILES string of the molecule is CC(C)=CC(=O)[c-]1cccc1.O=C(Cc1ccccc1)[c-]1[cH-][cH-][cH-][cH-]1.[Fe]. The van der Waals surface area contributed by atoms with Crippen LogP contribution in [0.5, 0.6) is 0 Å². The largest absolute Gasteiger partial charge is 0.718 e. The maximum Gasteiger partial charge on any atom is 0.105 e. The first kappa shape index (κ1) is 21.6. The van der Waals surface area contributed by atoms with Gasteiger partial charge < -0.3 is 39.4 Å². The van der Waals surface area contributed by atoms with Gasteiger partial charge in [-0.05, 0) is 0 Å². The predicted molar refractivity (Wildman–Crippen MR) is 102 cm³/mol. The van der Waals surface area contributed by atoms with Gasteiger partial charge in [-0.2, -0.15) is 12.1 Å². The number of rotatable bonds is 5. The molecule has 140 valence electrons. The van der Waals surface area contributed by atoms with Crippen LogP contribution < -0.4 is 0 Å². The van der Waals surface area contributed by atoms with Crippen molar-refractivity contribution < 1.29 is 26.7 Å². The Morgan fingerprint density at radius 2 is 1.54 bits per heavy atom. The molecular formula is C23H22FeO2-6. The zero-order chi connectivity index (χ0) is 18.1. The maximum atomic E-state index is 11.7. The van der Waals surface area contributed by atoms with Gasteiger partial charge in [0.1, 0.15) is 5.78 Å². The van der Waals surface area contributed by atoms with Crippen molar-refractivity contribution >= 4 is 11.6 Å². The molecule has 0 aromatic heterocycles. The molecular weight excluding hydrogens is 364 g/mol. The van der Waals surface area contributed by atoms with Gasteiger partial charge in [0.05, 0.1) is 0 Å². The topological polar surface area (TPSA) is 34.1 Å². The van der Waals surface area contributed by atoms with E-state index >= 15 is 0 Å². The van der Waals surface area contributed by atoms with Gasteiger partial charge in [-0.1, -0.05) is 67.8 Å². The molecule has 0 aliphatic heterocycles. The molecule has 0 aliphatic rings. The minimum absolute atomic E-state index is 0. The van der Waals surface area contributed by atoms with Crippen molar-refractivity contribution in [3.8, 4) is 0 Å². The molecule has 0 saturated carbocycles. The number of benzene rings is 1. The Morgan fingerprint density at radius 3 is 2.08 bits per heavy atom. The van der Waals surface area contributed by atoms with E-state index in [1.54, 1.807) is 6.08 Å². The Morgan fingerprint density at radius 1 is 0.962 bits per heavy atom. The van der Waals surface area contributed by atoms with Crippen LogP contribution in [0.15, 0.2) is 90.5 Å². The summed E-state index contributed by atoms with van der Waals surface area (Å²) in [6.45, 7) is 3.84. The molecule has 3 aromatic rings. The van der Waals surface area contributed by atoms with Gasteiger partial charge >= 0.3 is 0 Å². The Labute approximate surface area is 165 Å². The normalized spacial score (nSPS) is 9.31. The van der Waals surface area contributed by atoms with Crippen molar-refractivity contribution in [1.82, 2.24) is 0 Å². The van der Waals surface area contributed by atoms with Gasteiger partial charge in [0.15, 0.2) is 0 Å². The number of ketones is 2. The van der Waals surface area contributed by atoms with Crippen LogP contribution in [0.1, 0.15) is 40.1 Å². The van der Waals surface area contributed by atoms with Crippen LogP contribution in [0.4, 0.5) is 0 Å². The Kier molecular flexibility index (Phi) is 9.29. The second-order valence-corrected chi connectivity index (χ2v) is 6.02. The van der Waals surface area contributed by atoms with E-state index in [0.717, 1.165) is 22.3 Å². The van der Waals surface area contributed by atoms with Gasteiger partial charge in [0.2, 0.25) is 0 Å². The van der Waals surface area contributed by atoms with Crippen LogP contribution in [0.2, 0.25) is 0 Å². The molecule has 3 heteroatoms. The molecule has 2 nitrogen and oxygen atoms in total. The molecule has 0 heterocycles. The molecule has 3 rings (SSSR count). The van der Waals surface area contributed by atoms with E-state index in [-0.39, 0.29) is 28.6 Å². The maximum absolute atomic E-state index is 11.7. The molecule has 0 aliphatic carbocycles. The summed E-state index contributed by atoms with van der Waals surface area (Å²) in [6, 6.07) is 24.7. The molecule has 0 radical (unpaired) electrons. The van der Waals surface area contributed by atoms with E-state index in [0.29, 0.717) is 6.42 Å². The summed E-state index contributed by atoms with van der Waals surface area (Å²) in [5, 5.41) is 0. The van der Waals surface area contributed by atoms with E-state index in [1.165, 1.54) is 0 Å². The Hall–Kier alpha value is -2.48. The molecule has 26 heavy (non-hydrogen) atoms. The first-order chi connectivity index (χ1) is 12.1. The molecule has 0 saturated heterocycles. The second kappa shape index (κ2) is 11.2. The quantitative estimate of drug-likeness (QED) is 0.255. The van der Waals surface area contributed by atoms with Crippen LogP contribution in [-0.2, 0) is 23.5 Å². The van der Waals surface area contributed by atoms with Crippen molar-refractivity contribution in [2.24, 2.45) is 0 Å². The fourth-order valence-electron chi connectivity index (χ4n) is 2.33. The van der Waals surface area contributed by atoms with E-state index in [4.69, 9.17) is 0 Å². The van der Waals surface area contributed by atoms with Crippen LogP contribution in [0.3, 0.4) is 0 Å². The van der Waals surface area contributed by atoms with Gasteiger partial charge in [-0.15, -0.1) is 17.7 Å². The van der Waals surface area contributed by atoms with Gasteiger partial charge in [-0.3, -0.25) is 5.78 Å². The number of Topliss-reactive ketones (excluding diaryl/α,β-unsaturated/α-hetero) is 1. The molecule has 0 bridgehead atoms. The molecule has 0 fully saturated rings. The summed E-state index contributed by atoms with van der Waals surface area (Å²) in [4.78, 5) is 22.9. The molecule has 0 atom stereocenters. The van der Waals surface area contributed by atoms with Crippen molar-refractivity contribution in [2.45, 2.75) is 20.3 Å². The van der Waals surface area contributed by atoms with Crippen molar-refractivity contribution in [3.63, 3.8) is 0 Å². The third-order valence-corrected chi connectivity index (χ3v) is 3.56. The first-order valence-corrected chi connectivity index (χ1v) is 8.26. The third kappa shape index (κ3) is 7.18. The number of hydrogen-bond acceptors (Lipinski definition) is 2. The van der Waals surface area contributed by atoms with Crippen LogP contribution in [-0.4, -0.2) is 11.6 Å². The Balaban J connectivity index is 0.000000258. The summed E-state index contributed by atoms with van der Waals surface area (Å²) in [6.07, 6.45) is 2.14. The van der Waals surface area contributed by atoms with Crippen LogP contribution in [0.25, 0.3) is 0 Å². The summed E-state index contributed by atoms with van der Waals surface area (Å²) < 4.78 is 0. The van der Waals surface area contributed by atoms with E-state index < -0.39 is 0 Å². The minimum Gasteiger partial charge on any atom is -0.718 e. The van der Waals surface area contributed by atoms with Crippen molar-refractivity contribution in [3.05, 3.63) is 107 Å². The van der Waals surface area contributed by atoms with Crippen molar-refractivity contribution in [1.29, 1.82) is 0 Å². The van der Waals surface area contributed by atoms with E-state index in [9.17, 15) is 9.59 Å². The smallest absolute Gasteiger partial charge is 0.105 e. The fourth-order valence-corrected chi connectivity index (χ4v) is 2.33. The standard InChI is InChI=1S/C13H11O.C10H11O.Fe/c14-13(12-8-4-5-9-12)10-11-6-2-1-3-7-11;1-8(2)7-10(11)9-5-3-4-6-9;/h1-9H,10H2;3-7H,1-2H3;/q-5;-1;. The fraction of sp³-hybridized carbons (Fsp3) is 0.130. The monoisotopic (exact) mass is 386 g/mol. The first-order valence-electron chi connectivity index (χ1n) is 8.26. The zero-order valence-electron chi connectivity index (χ0n) is 15.0. The van der Waals surface area contributed by atoms with Crippen LogP contribution >= 0.6 is 0 Å². The number of carbonyl (C=O) groups is 2. The predicted octanol–water partition coefficient (Wildman–Crippen LogP) is 5.38. The van der Waals surface area contributed by atoms with E-state index in [1.807, 2.05) is 92.7 Å².